The van der Waals surface area contributed by atoms with Gasteiger partial charge in [-0.15, -0.1) is 10.2 Å². The summed E-state index contributed by atoms with van der Waals surface area (Å²) in [5.74, 6) is 0.596. The number of nitrogens with zero attached hydrogens (tertiary/aromatic N) is 4. The van der Waals surface area contributed by atoms with Crippen LogP contribution < -0.4 is 0 Å². The first-order valence-corrected chi connectivity index (χ1v) is 3.65. The molecule has 0 saturated carbocycles. The van der Waals surface area contributed by atoms with Gasteiger partial charge in [0.2, 0.25) is 0 Å². The molecule has 1 aliphatic heterocycles. The molecule has 2 rings (SSSR count). The fraction of sp³-hybridized carbons (Fsp3) is 0.333. The lowest BCUT2D eigenvalue weighted by Crippen LogP contribution is -2.16. The van der Waals surface area contributed by atoms with Gasteiger partial charge in [-0.3, -0.25) is 4.57 Å². The number of aromatic nitrogens is 3. The molecule has 0 atom stereocenters. The van der Waals surface area contributed by atoms with Crippen LogP contribution in [0.5, 0.6) is 0 Å². The molecule has 0 bridgehead atoms. The molecule has 0 amide bonds. The van der Waals surface area contributed by atoms with Crippen molar-refractivity contribution >= 4 is 28.9 Å². The average Bonchev–Trinajstić information content (AvgIpc) is 2.34. The van der Waals surface area contributed by atoms with Crippen LogP contribution in [-0.4, -0.2) is 25.5 Å². The van der Waals surface area contributed by atoms with Gasteiger partial charge in [-0.25, -0.2) is 4.99 Å². The highest BCUT2D eigenvalue weighted by Gasteiger charge is 2.13. The molecule has 0 fully saturated rings. The molecule has 1 aromatic rings. The first kappa shape index (κ1) is 6.60. The molecule has 0 N–H and O–H groups in total. The topological polar surface area (TPSA) is 43.1 Å². The second-order valence-electron chi connectivity index (χ2n) is 2.42. The first-order chi connectivity index (χ1) is 5.27. The highest BCUT2D eigenvalue weighted by atomic mass is 32.1. The monoisotopic (exact) mass is 166 g/mol. The van der Waals surface area contributed by atoms with Gasteiger partial charge in [0.1, 0.15) is 6.33 Å². The number of hydrogen-bond acceptors (Lipinski definition) is 4. The zero-order valence-corrected chi connectivity index (χ0v) is 6.80. The molecule has 0 saturated heterocycles. The molecule has 56 valence electrons. The van der Waals surface area contributed by atoms with E-state index in [0.717, 1.165) is 17.1 Å². The minimum absolute atomic E-state index is 0.596. The summed E-state index contributed by atoms with van der Waals surface area (Å²) in [6.07, 6.45) is 2.33. The maximum absolute atomic E-state index is 5.09. The fourth-order valence-electron chi connectivity index (χ4n) is 0.995. The van der Waals surface area contributed by atoms with Crippen molar-refractivity contribution in [1.29, 1.82) is 0 Å². The Bertz CT molecular complexity index is 338. The summed E-state index contributed by atoms with van der Waals surface area (Å²) in [6, 6.07) is 0. The Morgan fingerprint density at radius 2 is 2.45 bits per heavy atom. The van der Waals surface area contributed by atoms with Crippen molar-refractivity contribution < 1.29 is 0 Å². The maximum Gasteiger partial charge on any atom is 0.255 e. The molecule has 1 aromatic heterocycles. The third kappa shape index (κ3) is 0.970. The molecular weight excluding hydrogens is 160 g/mol. The standard InChI is InChI=1S/C6H6N4S/c1-4-2-5(11)10-3-7-9-6(10)8-4/h3H,2H2,1H3. The van der Waals surface area contributed by atoms with E-state index in [1.807, 2.05) is 6.92 Å². The predicted octanol–water partition coefficient (Wildman–Crippen LogP) is 0.950. The van der Waals surface area contributed by atoms with E-state index in [1.54, 1.807) is 10.9 Å². The lowest BCUT2D eigenvalue weighted by atomic mass is 10.3. The summed E-state index contributed by atoms with van der Waals surface area (Å²) in [5, 5.41) is 7.50. The van der Waals surface area contributed by atoms with Gasteiger partial charge in [-0.1, -0.05) is 12.2 Å². The van der Waals surface area contributed by atoms with Crippen molar-refractivity contribution in [2.75, 3.05) is 0 Å². The molecule has 0 spiro atoms. The lowest BCUT2D eigenvalue weighted by Gasteiger charge is -2.10. The van der Waals surface area contributed by atoms with Crippen LogP contribution in [0.25, 0.3) is 0 Å². The van der Waals surface area contributed by atoms with E-state index in [2.05, 4.69) is 15.2 Å². The Hall–Kier alpha value is -1.10. The van der Waals surface area contributed by atoms with Crippen LogP contribution >= 0.6 is 12.2 Å². The second kappa shape index (κ2) is 2.20. The van der Waals surface area contributed by atoms with E-state index < -0.39 is 0 Å². The molecule has 2 heterocycles. The zero-order chi connectivity index (χ0) is 7.84. The van der Waals surface area contributed by atoms with Crippen LogP contribution in [-0.2, 0) is 0 Å². The summed E-state index contributed by atoms with van der Waals surface area (Å²) < 4.78 is 1.72. The van der Waals surface area contributed by atoms with Gasteiger partial charge in [0.25, 0.3) is 5.95 Å². The Labute approximate surface area is 69.0 Å². The van der Waals surface area contributed by atoms with Crippen LogP contribution in [0.3, 0.4) is 0 Å². The summed E-state index contributed by atoms with van der Waals surface area (Å²) in [5.41, 5.74) is 0.996. The van der Waals surface area contributed by atoms with Crippen molar-refractivity contribution in [3.63, 3.8) is 0 Å². The van der Waals surface area contributed by atoms with Crippen molar-refractivity contribution in [2.45, 2.75) is 13.3 Å². The predicted molar refractivity (Wildman–Crippen MR) is 45.4 cm³/mol. The van der Waals surface area contributed by atoms with E-state index >= 15 is 0 Å². The Balaban J connectivity index is 2.60. The summed E-state index contributed by atoms with van der Waals surface area (Å²) in [6.45, 7) is 1.94. The van der Waals surface area contributed by atoms with E-state index in [0.29, 0.717) is 5.95 Å². The van der Waals surface area contributed by atoms with Crippen LogP contribution in [0.15, 0.2) is 11.3 Å². The number of rotatable bonds is 0. The third-order valence-corrected chi connectivity index (χ3v) is 1.84. The zero-order valence-electron chi connectivity index (χ0n) is 5.98. The van der Waals surface area contributed by atoms with Crippen LogP contribution in [0.1, 0.15) is 13.3 Å². The molecule has 11 heavy (non-hydrogen) atoms. The van der Waals surface area contributed by atoms with Crippen molar-refractivity contribution in [3.8, 4) is 0 Å². The van der Waals surface area contributed by atoms with Gasteiger partial charge < -0.3 is 0 Å². The van der Waals surface area contributed by atoms with Gasteiger partial charge in [0.05, 0.1) is 4.99 Å². The summed E-state index contributed by atoms with van der Waals surface area (Å²) in [4.78, 5) is 4.99. The fourth-order valence-corrected chi connectivity index (χ4v) is 1.33. The lowest BCUT2D eigenvalue weighted by molar-refractivity contribution is 1.06. The van der Waals surface area contributed by atoms with E-state index in [9.17, 15) is 0 Å². The van der Waals surface area contributed by atoms with Crippen LogP contribution in [0.4, 0.5) is 5.95 Å². The Morgan fingerprint density at radius 3 is 3.27 bits per heavy atom. The van der Waals surface area contributed by atoms with Gasteiger partial charge in [0.15, 0.2) is 0 Å². The quantitative estimate of drug-likeness (QED) is 0.539. The van der Waals surface area contributed by atoms with E-state index in [1.165, 1.54) is 0 Å². The average molecular weight is 166 g/mol. The van der Waals surface area contributed by atoms with Crippen LogP contribution in [0, 0.1) is 0 Å². The van der Waals surface area contributed by atoms with Gasteiger partial charge >= 0.3 is 0 Å². The third-order valence-electron chi connectivity index (χ3n) is 1.50. The largest absolute Gasteiger partial charge is 0.259 e. The molecule has 0 aromatic carbocycles. The Kier molecular flexibility index (Phi) is 1.32. The molecule has 0 unspecified atom stereocenters. The number of fused-ring (bicyclic) bond motifs is 1. The first-order valence-electron chi connectivity index (χ1n) is 3.25. The second-order valence-corrected chi connectivity index (χ2v) is 2.89. The Morgan fingerprint density at radius 1 is 1.64 bits per heavy atom. The SMILES string of the molecule is CC1=Nc2nncn2C(=S)C1. The summed E-state index contributed by atoms with van der Waals surface area (Å²) >= 11 is 5.09. The van der Waals surface area contributed by atoms with Gasteiger partial charge in [-0.2, -0.15) is 0 Å². The molecule has 4 nitrogen and oxygen atoms in total. The highest BCUT2D eigenvalue weighted by Crippen LogP contribution is 2.14. The van der Waals surface area contributed by atoms with Crippen LogP contribution in [0.2, 0.25) is 0 Å². The molecule has 0 radical (unpaired) electrons. The molecular formula is C6H6N4S. The van der Waals surface area contributed by atoms with Crippen molar-refractivity contribution in [3.05, 3.63) is 6.33 Å². The van der Waals surface area contributed by atoms with Crippen molar-refractivity contribution in [1.82, 2.24) is 14.8 Å². The van der Waals surface area contributed by atoms with Crippen molar-refractivity contribution in [2.24, 2.45) is 4.99 Å². The molecule has 0 aliphatic carbocycles. The molecule has 1 aliphatic rings. The van der Waals surface area contributed by atoms with Gasteiger partial charge in [0, 0.05) is 12.1 Å². The number of hydrogen-bond donors (Lipinski definition) is 0. The molecule has 5 heteroatoms. The number of aliphatic imine (C=N–C) groups is 1. The normalized spacial score (nSPS) is 16.1. The van der Waals surface area contributed by atoms with Gasteiger partial charge in [-0.05, 0) is 6.92 Å². The highest BCUT2D eigenvalue weighted by molar-refractivity contribution is 7.80. The number of thiocarbonyl (C=S) groups is 1. The van der Waals surface area contributed by atoms with E-state index in [4.69, 9.17) is 12.2 Å². The van der Waals surface area contributed by atoms with E-state index in [-0.39, 0.29) is 0 Å². The minimum Gasteiger partial charge on any atom is -0.259 e. The summed E-state index contributed by atoms with van der Waals surface area (Å²) in [7, 11) is 0. The minimum atomic E-state index is 0.596. The maximum atomic E-state index is 5.09. The smallest absolute Gasteiger partial charge is 0.255 e.